The second-order valence-corrected chi connectivity index (χ2v) is 7.02. The van der Waals surface area contributed by atoms with E-state index in [1.807, 2.05) is 0 Å². The molecule has 8 nitrogen and oxygen atoms in total. The van der Waals surface area contributed by atoms with E-state index in [1.54, 1.807) is 6.92 Å². The number of hydrogen-bond acceptors (Lipinski definition) is 7. The van der Waals surface area contributed by atoms with Crippen LogP contribution in [0.5, 0.6) is 0 Å². The van der Waals surface area contributed by atoms with E-state index in [1.165, 1.54) is 12.4 Å². The molecular formula is C12H15N3O5S. The van der Waals surface area contributed by atoms with Crippen molar-refractivity contribution in [2.75, 3.05) is 18.1 Å². The lowest BCUT2D eigenvalue weighted by Crippen LogP contribution is -2.38. The Morgan fingerprint density at radius 3 is 2.71 bits per heavy atom. The number of nitrogens with zero attached hydrogens (tertiary/aromatic N) is 2. The molecule has 0 aromatic carbocycles. The Labute approximate surface area is 121 Å². The third-order valence-corrected chi connectivity index (χ3v) is 4.69. The second-order valence-electron chi connectivity index (χ2n) is 4.79. The molecule has 1 aliphatic heterocycles. The van der Waals surface area contributed by atoms with Gasteiger partial charge in [-0.25, -0.2) is 18.2 Å². The minimum atomic E-state index is -3.06. The number of carbonyl (C=O) groups excluding carboxylic acids is 2. The molecule has 1 aromatic heterocycles. The number of esters is 1. The fraction of sp³-hybridized carbons (Fsp3) is 0.500. The third-order valence-electron chi connectivity index (χ3n) is 2.92. The number of ether oxygens (including phenoxy) is 1. The number of carbonyl (C=O) groups is 2. The molecule has 21 heavy (non-hydrogen) atoms. The van der Waals surface area contributed by atoms with E-state index in [9.17, 15) is 18.0 Å². The number of sulfone groups is 1. The summed E-state index contributed by atoms with van der Waals surface area (Å²) in [6.07, 6.45) is 3.06. The van der Waals surface area contributed by atoms with Crippen LogP contribution < -0.4 is 5.32 Å². The summed E-state index contributed by atoms with van der Waals surface area (Å²) in [5.41, 5.74) is 0.670. The molecule has 9 heteroatoms. The topological polar surface area (TPSA) is 115 Å². The van der Waals surface area contributed by atoms with Gasteiger partial charge < -0.3 is 10.1 Å². The first kappa shape index (κ1) is 15.4. The zero-order valence-electron chi connectivity index (χ0n) is 11.4. The number of aromatic nitrogens is 2. The molecule has 1 N–H and O–H groups in total. The zero-order valence-corrected chi connectivity index (χ0v) is 12.2. The first-order valence-corrected chi connectivity index (χ1v) is 8.13. The number of nitrogens with one attached hydrogen (secondary N) is 1. The van der Waals surface area contributed by atoms with E-state index in [0.29, 0.717) is 12.1 Å². The molecule has 1 aromatic rings. The number of amides is 1. The highest BCUT2D eigenvalue weighted by Crippen LogP contribution is 2.11. The van der Waals surface area contributed by atoms with Crippen LogP contribution in [0.1, 0.15) is 22.6 Å². The average Bonchev–Trinajstić information content (AvgIpc) is 2.76. The van der Waals surface area contributed by atoms with E-state index >= 15 is 0 Å². The molecular weight excluding hydrogens is 298 g/mol. The van der Waals surface area contributed by atoms with Gasteiger partial charge in [0, 0.05) is 12.2 Å². The maximum absolute atomic E-state index is 11.6. The summed E-state index contributed by atoms with van der Waals surface area (Å²) in [5, 5.41) is 2.52. The average molecular weight is 313 g/mol. The van der Waals surface area contributed by atoms with Crippen molar-refractivity contribution in [3.63, 3.8) is 0 Å². The highest BCUT2D eigenvalue weighted by molar-refractivity contribution is 7.91. The van der Waals surface area contributed by atoms with Crippen molar-refractivity contribution < 1.29 is 22.7 Å². The Hall–Kier alpha value is -2.03. The molecule has 0 saturated carbocycles. The van der Waals surface area contributed by atoms with E-state index in [0.717, 1.165) is 0 Å². The summed E-state index contributed by atoms with van der Waals surface area (Å²) in [7, 11) is -3.06. The Bertz CT molecular complexity index is 641. The molecule has 114 valence electrons. The van der Waals surface area contributed by atoms with Crippen LogP contribution in [0.2, 0.25) is 0 Å². The van der Waals surface area contributed by atoms with E-state index in [-0.39, 0.29) is 17.2 Å². The van der Waals surface area contributed by atoms with Gasteiger partial charge >= 0.3 is 5.97 Å². The first-order valence-electron chi connectivity index (χ1n) is 6.31. The molecule has 1 atom stereocenters. The maximum atomic E-state index is 11.6. The molecule has 1 amide bonds. The SMILES string of the molecule is Cc1cnc(C(=O)OCC(=O)N[C@@H]2CCS(=O)(=O)C2)cn1. The van der Waals surface area contributed by atoms with Gasteiger partial charge in [0.1, 0.15) is 0 Å². The lowest BCUT2D eigenvalue weighted by Gasteiger charge is -2.10. The Morgan fingerprint density at radius 2 is 2.14 bits per heavy atom. The van der Waals surface area contributed by atoms with Crippen molar-refractivity contribution in [1.29, 1.82) is 0 Å². The molecule has 1 fully saturated rings. The quantitative estimate of drug-likeness (QED) is 0.727. The molecule has 0 bridgehead atoms. The number of hydrogen-bond donors (Lipinski definition) is 1. The standard InChI is InChI=1S/C12H15N3O5S/c1-8-4-14-10(5-13-8)12(17)20-6-11(16)15-9-2-3-21(18,19)7-9/h4-5,9H,2-3,6-7H2,1H3,(H,15,16)/t9-/m1/s1. The summed E-state index contributed by atoms with van der Waals surface area (Å²) in [6, 6.07) is -0.416. The smallest absolute Gasteiger partial charge is 0.359 e. The Balaban J connectivity index is 1.79. The normalized spacial score (nSPS) is 20.0. The van der Waals surface area contributed by atoms with Crippen LogP contribution in [0, 0.1) is 6.92 Å². The van der Waals surface area contributed by atoms with Crippen molar-refractivity contribution in [2.24, 2.45) is 0 Å². The highest BCUT2D eigenvalue weighted by atomic mass is 32.2. The molecule has 2 rings (SSSR count). The largest absolute Gasteiger partial charge is 0.451 e. The maximum Gasteiger partial charge on any atom is 0.359 e. The summed E-state index contributed by atoms with van der Waals surface area (Å²) < 4.78 is 27.3. The van der Waals surface area contributed by atoms with E-state index in [2.05, 4.69) is 15.3 Å². The van der Waals surface area contributed by atoms with Gasteiger partial charge in [0.2, 0.25) is 0 Å². The molecule has 0 radical (unpaired) electrons. The number of aryl methyl sites for hydroxylation is 1. The van der Waals surface area contributed by atoms with Gasteiger partial charge in [-0.1, -0.05) is 0 Å². The summed E-state index contributed by atoms with van der Waals surface area (Å²) >= 11 is 0. The van der Waals surface area contributed by atoms with Gasteiger partial charge in [-0.3, -0.25) is 9.78 Å². The van der Waals surface area contributed by atoms with Crippen molar-refractivity contribution >= 4 is 21.7 Å². The molecule has 0 aliphatic carbocycles. The predicted molar refractivity (Wildman–Crippen MR) is 72.3 cm³/mol. The lowest BCUT2D eigenvalue weighted by atomic mass is 10.2. The van der Waals surface area contributed by atoms with Crippen LogP contribution in [0.25, 0.3) is 0 Å². The third kappa shape index (κ3) is 4.48. The van der Waals surface area contributed by atoms with Gasteiger partial charge in [0.25, 0.3) is 5.91 Å². The van der Waals surface area contributed by atoms with Crippen LogP contribution >= 0.6 is 0 Å². The van der Waals surface area contributed by atoms with Crippen LogP contribution in [-0.2, 0) is 19.4 Å². The van der Waals surface area contributed by atoms with Crippen LogP contribution in [0.15, 0.2) is 12.4 Å². The van der Waals surface area contributed by atoms with E-state index in [4.69, 9.17) is 4.74 Å². The lowest BCUT2D eigenvalue weighted by molar-refractivity contribution is -0.124. The molecule has 1 aliphatic rings. The highest BCUT2D eigenvalue weighted by Gasteiger charge is 2.29. The molecule has 1 saturated heterocycles. The predicted octanol–water partition coefficient (Wildman–Crippen LogP) is -0.755. The van der Waals surface area contributed by atoms with Gasteiger partial charge in [-0.15, -0.1) is 0 Å². The summed E-state index contributed by atoms with van der Waals surface area (Å²) in [6.45, 7) is 1.25. The molecule has 0 unspecified atom stereocenters. The zero-order chi connectivity index (χ0) is 15.5. The molecule has 0 spiro atoms. The van der Waals surface area contributed by atoms with Crippen LogP contribution in [0.3, 0.4) is 0 Å². The van der Waals surface area contributed by atoms with Crippen molar-refractivity contribution in [3.05, 3.63) is 23.8 Å². The van der Waals surface area contributed by atoms with Gasteiger partial charge in [-0.05, 0) is 13.3 Å². The van der Waals surface area contributed by atoms with Crippen LogP contribution in [-0.4, -0.2) is 54.4 Å². The van der Waals surface area contributed by atoms with Crippen molar-refractivity contribution in [3.8, 4) is 0 Å². The summed E-state index contributed by atoms with van der Waals surface area (Å²) in [4.78, 5) is 30.9. The van der Waals surface area contributed by atoms with Crippen LogP contribution in [0.4, 0.5) is 0 Å². The summed E-state index contributed by atoms with van der Waals surface area (Å²) in [5.74, 6) is -1.30. The first-order chi connectivity index (χ1) is 9.85. The van der Waals surface area contributed by atoms with E-state index < -0.39 is 34.4 Å². The van der Waals surface area contributed by atoms with Gasteiger partial charge in [-0.2, -0.15) is 0 Å². The minimum absolute atomic E-state index is 0.0110. The minimum Gasteiger partial charge on any atom is -0.451 e. The monoisotopic (exact) mass is 313 g/mol. The number of rotatable bonds is 4. The fourth-order valence-corrected chi connectivity index (χ4v) is 3.55. The Morgan fingerprint density at radius 1 is 1.38 bits per heavy atom. The Kier molecular flexibility index (Phi) is 4.51. The molecule has 2 heterocycles. The van der Waals surface area contributed by atoms with Crippen molar-refractivity contribution in [2.45, 2.75) is 19.4 Å². The second kappa shape index (κ2) is 6.17. The van der Waals surface area contributed by atoms with Gasteiger partial charge in [0.15, 0.2) is 22.1 Å². The van der Waals surface area contributed by atoms with Gasteiger partial charge in [0.05, 0.1) is 23.4 Å². The van der Waals surface area contributed by atoms with Crippen molar-refractivity contribution in [1.82, 2.24) is 15.3 Å². The fourth-order valence-electron chi connectivity index (χ4n) is 1.88.